The molecule has 140 valence electrons. The van der Waals surface area contributed by atoms with Gasteiger partial charge in [-0.15, -0.1) is 0 Å². The molecule has 1 N–H and O–H groups in total. The van der Waals surface area contributed by atoms with Gasteiger partial charge in [0.05, 0.1) is 0 Å². The molecule has 0 saturated carbocycles. The van der Waals surface area contributed by atoms with Gasteiger partial charge in [0.15, 0.2) is 0 Å². The van der Waals surface area contributed by atoms with E-state index in [1.807, 2.05) is 0 Å². The van der Waals surface area contributed by atoms with E-state index in [9.17, 15) is 5.11 Å². The molecule has 0 saturated heterocycles. The zero-order valence-corrected chi connectivity index (χ0v) is 17.1. The van der Waals surface area contributed by atoms with E-state index in [0.29, 0.717) is 5.75 Å². The Morgan fingerprint density at radius 2 is 1.07 bits per heavy atom. The summed E-state index contributed by atoms with van der Waals surface area (Å²) in [6.07, 6.45) is 1.51. The average Bonchev–Trinajstić information content (AvgIpc) is 2.61. The molecule has 0 aliphatic carbocycles. The Morgan fingerprint density at radius 3 is 1.44 bits per heavy atom. The van der Waals surface area contributed by atoms with Crippen LogP contribution < -0.4 is 0 Å². The van der Waals surface area contributed by atoms with Crippen molar-refractivity contribution in [3.05, 3.63) is 99.6 Å². The highest BCUT2D eigenvalue weighted by Crippen LogP contribution is 2.34. The molecule has 1 nitrogen and oxygen atoms in total. The Bertz CT molecular complexity index is 876. The fourth-order valence-corrected chi connectivity index (χ4v) is 3.49. The Balaban J connectivity index is 2.07. The monoisotopic (exact) mass is 358 g/mol. The largest absolute Gasteiger partial charge is 0.507 e. The van der Waals surface area contributed by atoms with Gasteiger partial charge in [0.2, 0.25) is 0 Å². The molecular weight excluding hydrogens is 328 g/mol. The van der Waals surface area contributed by atoms with Crippen LogP contribution in [0.15, 0.2) is 60.7 Å². The summed E-state index contributed by atoms with van der Waals surface area (Å²) >= 11 is 0. The van der Waals surface area contributed by atoms with Gasteiger partial charge in [-0.05, 0) is 58.2 Å². The maximum Gasteiger partial charge on any atom is 0.122 e. The minimum atomic E-state index is 0.0364. The lowest BCUT2D eigenvalue weighted by molar-refractivity contribution is 0.461. The van der Waals surface area contributed by atoms with E-state index >= 15 is 0 Å². The second kappa shape index (κ2) is 7.60. The SMILES string of the molecule is Cc1ccccc1Cc1cc(C(C)(C)C)cc(Cc2ccccc2C)c1O. The number of phenols is 1. The molecule has 0 aliphatic heterocycles. The van der Waals surface area contributed by atoms with Crippen molar-refractivity contribution in [3.8, 4) is 5.75 Å². The fourth-order valence-electron chi connectivity index (χ4n) is 3.49. The van der Waals surface area contributed by atoms with Gasteiger partial charge in [0, 0.05) is 12.8 Å². The van der Waals surface area contributed by atoms with Gasteiger partial charge in [-0.2, -0.15) is 0 Å². The molecule has 3 aromatic carbocycles. The van der Waals surface area contributed by atoms with Crippen LogP contribution in [0.4, 0.5) is 0 Å². The van der Waals surface area contributed by atoms with Crippen LogP contribution >= 0.6 is 0 Å². The zero-order valence-electron chi connectivity index (χ0n) is 17.1. The van der Waals surface area contributed by atoms with Crippen molar-refractivity contribution in [1.29, 1.82) is 0 Å². The molecule has 1 heteroatoms. The summed E-state index contributed by atoms with van der Waals surface area (Å²) in [6, 6.07) is 21.2. The standard InChI is InChI=1S/C26H30O/c1-18-10-6-8-12-20(18)14-22-16-24(26(3,4)5)17-23(25(22)27)15-21-13-9-7-11-19(21)2/h6-13,16-17,27H,14-15H2,1-5H3. The third-order valence-corrected chi connectivity index (χ3v) is 5.42. The summed E-state index contributed by atoms with van der Waals surface area (Å²) < 4.78 is 0. The van der Waals surface area contributed by atoms with Crippen LogP contribution in [0.3, 0.4) is 0 Å². The lowest BCUT2D eigenvalue weighted by Crippen LogP contribution is -2.13. The molecule has 0 fully saturated rings. The van der Waals surface area contributed by atoms with Crippen LogP contribution in [0, 0.1) is 13.8 Å². The van der Waals surface area contributed by atoms with Crippen LogP contribution in [0.25, 0.3) is 0 Å². The highest BCUT2D eigenvalue weighted by molar-refractivity contribution is 5.50. The van der Waals surface area contributed by atoms with Gasteiger partial charge < -0.3 is 5.11 Å². The summed E-state index contributed by atoms with van der Waals surface area (Å²) in [6.45, 7) is 11.0. The molecule has 0 atom stereocenters. The minimum Gasteiger partial charge on any atom is -0.507 e. The number of hydrogen-bond donors (Lipinski definition) is 1. The molecule has 0 aliphatic rings. The van der Waals surface area contributed by atoms with Crippen LogP contribution in [0.2, 0.25) is 0 Å². The number of benzene rings is 3. The predicted molar refractivity (Wildman–Crippen MR) is 115 cm³/mol. The molecule has 0 unspecified atom stereocenters. The number of hydrogen-bond acceptors (Lipinski definition) is 1. The molecule has 3 rings (SSSR count). The molecular formula is C26H30O. The number of aromatic hydroxyl groups is 1. The highest BCUT2D eigenvalue weighted by atomic mass is 16.3. The van der Waals surface area contributed by atoms with Crippen LogP contribution in [-0.4, -0.2) is 5.11 Å². The van der Waals surface area contributed by atoms with Crippen molar-refractivity contribution in [2.24, 2.45) is 0 Å². The smallest absolute Gasteiger partial charge is 0.122 e. The molecule has 3 aromatic rings. The van der Waals surface area contributed by atoms with Crippen molar-refractivity contribution in [2.45, 2.75) is 52.9 Å². The summed E-state index contributed by atoms with van der Waals surface area (Å²) in [5, 5.41) is 11.1. The Hall–Kier alpha value is -2.54. The van der Waals surface area contributed by atoms with Gasteiger partial charge in [-0.25, -0.2) is 0 Å². The molecule has 0 aromatic heterocycles. The third-order valence-electron chi connectivity index (χ3n) is 5.42. The number of aryl methyl sites for hydroxylation is 2. The van der Waals surface area contributed by atoms with Crippen LogP contribution in [0.1, 0.15) is 59.7 Å². The number of phenolic OH excluding ortho intramolecular Hbond substituents is 1. The van der Waals surface area contributed by atoms with Crippen LogP contribution in [-0.2, 0) is 18.3 Å². The van der Waals surface area contributed by atoms with Crippen molar-refractivity contribution in [3.63, 3.8) is 0 Å². The van der Waals surface area contributed by atoms with Crippen molar-refractivity contribution < 1.29 is 5.11 Å². The normalized spacial score (nSPS) is 11.6. The third kappa shape index (κ3) is 4.42. The summed E-state index contributed by atoms with van der Waals surface area (Å²) in [5.41, 5.74) is 8.39. The Kier molecular flexibility index (Phi) is 5.41. The lowest BCUT2D eigenvalue weighted by atomic mass is 9.82. The van der Waals surface area contributed by atoms with Gasteiger partial charge in [0.1, 0.15) is 5.75 Å². The van der Waals surface area contributed by atoms with Gasteiger partial charge in [-0.3, -0.25) is 0 Å². The van der Waals surface area contributed by atoms with Gasteiger partial charge in [0.25, 0.3) is 0 Å². The maximum absolute atomic E-state index is 11.1. The zero-order chi connectivity index (χ0) is 19.6. The molecule has 0 spiro atoms. The second-order valence-electron chi connectivity index (χ2n) is 8.60. The highest BCUT2D eigenvalue weighted by Gasteiger charge is 2.19. The van der Waals surface area contributed by atoms with Crippen LogP contribution in [0.5, 0.6) is 5.75 Å². The minimum absolute atomic E-state index is 0.0364. The Labute approximate surface area is 163 Å². The predicted octanol–water partition coefficient (Wildman–Crippen LogP) is 6.49. The first-order chi connectivity index (χ1) is 12.8. The van der Waals surface area contributed by atoms with Crippen molar-refractivity contribution >= 4 is 0 Å². The molecule has 27 heavy (non-hydrogen) atoms. The van der Waals surface area contributed by atoms with E-state index in [4.69, 9.17) is 0 Å². The first kappa shape index (κ1) is 19.2. The lowest BCUT2D eigenvalue weighted by Gasteiger charge is -2.23. The average molecular weight is 359 g/mol. The van der Waals surface area contributed by atoms with E-state index in [-0.39, 0.29) is 5.41 Å². The van der Waals surface area contributed by atoms with Gasteiger partial charge in [-0.1, -0.05) is 81.4 Å². The van der Waals surface area contributed by atoms with Crippen molar-refractivity contribution in [1.82, 2.24) is 0 Å². The maximum atomic E-state index is 11.1. The summed E-state index contributed by atoms with van der Waals surface area (Å²) in [5.74, 6) is 0.439. The Morgan fingerprint density at radius 1 is 0.667 bits per heavy atom. The quantitative estimate of drug-likeness (QED) is 0.565. The second-order valence-corrected chi connectivity index (χ2v) is 8.60. The van der Waals surface area contributed by atoms with E-state index in [2.05, 4.69) is 95.3 Å². The molecule has 0 amide bonds. The summed E-state index contributed by atoms with van der Waals surface area (Å²) in [7, 11) is 0. The first-order valence-corrected chi connectivity index (χ1v) is 9.70. The topological polar surface area (TPSA) is 20.2 Å². The molecule has 0 bridgehead atoms. The summed E-state index contributed by atoms with van der Waals surface area (Å²) in [4.78, 5) is 0. The molecule has 0 radical (unpaired) electrons. The van der Waals surface area contributed by atoms with E-state index < -0.39 is 0 Å². The van der Waals surface area contributed by atoms with E-state index in [0.717, 1.165) is 24.0 Å². The number of rotatable bonds is 4. The first-order valence-electron chi connectivity index (χ1n) is 9.70. The van der Waals surface area contributed by atoms with E-state index in [1.165, 1.54) is 27.8 Å². The van der Waals surface area contributed by atoms with Gasteiger partial charge >= 0.3 is 0 Å². The molecule has 0 heterocycles. The fraction of sp³-hybridized carbons (Fsp3) is 0.308. The van der Waals surface area contributed by atoms with E-state index in [1.54, 1.807) is 0 Å². The van der Waals surface area contributed by atoms with Crippen molar-refractivity contribution in [2.75, 3.05) is 0 Å².